The first-order chi connectivity index (χ1) is 22.8. The van der Waals surface area contributed by atoms with Crippen LogP contribution >= 0.6 is 0 Å². The van der Waals surface area contributed by atoms with Gasteiger partial charge >= 0.3 is 0 Å². The van der Waals surface area contributed by atoms with Gasteiger partial charge in [-0.3, -0.25) is 4.18 Å². The number of hydrogen-bond donors (Lipinski definition) is 6. The Morgan fingerprint density at radius 1 is 1.02 bits per heavy atom. The van der Waals surface area contributed by atoms with Crippen LogP contribution in [0.25, 0.3) is 0 Å². The van der Waals surface area contributed by atoms with Crippen molar-refractivity contribution in [3.8, 4) is 0 Å². The molecule has 0 aromatic heterocycles. The highest BCUT2D eigenvalue weighted by Crippen LogP contribution is 2.70. The van der Waals surface area contributed by atoms with Gasteiger partial charge in [0.2, 0.25) is 10.4 Å². The number of ether oxygens (including phenoxy) is 3. The van der Waals surface area contributed by atoms with E-state index in [1.165, 1.54) is 7.11 Å². The molecular weight excluding hydrogens is 660 g/mol. The molecule has 0 bridgehead atoms. The van der Waals surface area contributed by atoms with Gasteiger partial charge in [0.05, 0.1) is 30.5 Å². The highest BCUT2D eigenvalue weighted by atomic mass is 32.3. The van der Waals surface area contributed by atoms with Crippen molar-refractivity contribution in [1.82, 2.24) is 0 Å². The van der Waals surface area contributed by atoms with Gasteiger partial charge in [0.1, 0.15) is 24.4 Å². The summed E-state index contributed by atoms with van der Waals surface area (Å²) in [4.78, 5) is 0. The Bertz CT molecular complexity index is 1290. The lowest BCUT2D eigenvalue weighted by Crippen LogP contribution is -2.66. The van der Waals surface area contributed by atoms with E-state index >= 15 is 0 Å². The van der Waals surface area contributed by atoms with Gasteiger partial charge in [0, 0.05) is 26.1 Å². The molecule has 16 atom stereocenters. The van der Waals surface area contributed by atoms with Crippen LogP contribution in [0.4, 0.5) is 0 Å². The van der Waals surface area contributed by atoms with E-state index < -0.39 is 93.6 Å². The molecule has 1 saturated heterocycles. The minimum Gasteiger partial charge on any atom is -0.726 e. The largest absolute Gasteiger partial charge is 0.726 e. The summed E-state index contributed by atoms with van der Waals surface area (Å²) in [5, 5.41) is 66.5. The number of aliphatic hydroxyl groups excluding tert-OH is 5. The average Bonchev–Trinajstić information content (AvgIpc) is 3.22. The number of aliphatic hydroxyl groups is 6. The van der Waals surface area contributed by atoms with Crippen molar-refractivity contribution in [1.29, 1.82) is 0 Å². The molecule has 6 N–H and O–H groups in total. The van der Waals surface area contributed by atoms with Crippen LogP contribution in [0.3, 0.4) is 0 Å². The predicted octanol–water partition coefficient (Wildman–Crippen LogP) is 1.63. The van der Waals surface area contributed by atoms with E-state index in [0.29, 0.717) is 50.0 Å². The summed E-state index contributed by atoms with van der Waals surface area (Å²) in [5.74, 6) is -1.38. The first-order valence-electron chi connectivity index (χ1n) is 18.0. The standard InChI is InChI=1S/C35H60O13S/c1-18(2)20(11-14-36)8-7-19(3)26-28(40)29(48-49(42,43)44)31-34(26,5)13-10-25-33(4)12-9-21(15-22(33)23(37)16-35(25,31)41)47-32-30(45-6)27(39)24(38)17-46-32/h15,18-21,23-32,36-41H,7-14,16-17H2,1-6H3,(H,42,43,44)/p-1/t19-,20-,21+,23-,24-,25-,26+,27+,28-,29+,30-,31-,32+,33+,34-,35+/m1/s1. The van der Waals surface area contributed by atoms with Gasteiger partial charge in [-0.15, -0.1) is 0 Å². The van der Waals surface area contributed by atoms with E-state index in [4.69, 9.17) is 18.4 Å². The van der Waals surface area contributed by atoms with Crippen molar-refractivity contribution < 1.29 is 62.0 Å². The summed E-state index contributed by atoms with van der Waals surface area (Å²) in [5.41, 5.74) is -2.50. The zero-order valence-electron chi connectivity index (χ0n) is 29.7. The monoisotopic (exact) mass is 719 g/mol. The van der Waals surface area contributed by atoms with Crippen molar-refractivity contribution in [2.24, 2.45) is 46.3 Å². The van der Waals surface area contributed by atoms with Gasteiger partial charge in [-0.25, -0.2) is 8.42 Å². The third-order valence-corrected chi connectivity index (χ3v) is 14.0. The summed E-state index contributed by atoms with van der Waals surface area (Å²) >= 11 is 0. The first-order valence-corrected chi connectivity index (χ1v) is 19.4. The molecule has 4 fully saturated rings. The lowest BCUT2D eigenvalue weighted by Gasteiger charge is -2.64. The molecule has 14 heteroatoms. The minimum absolute atomic E-state index is 0.0778. The van der Waals surface area contributed by atoms with Crippen LogP contribution < -0.4 is 0 Å². The summed E-state index contributed by atoms with van der Waals surface area (Å²) < 4.78 is 58.8. The number of methoxy groups -OCH3 is 1. The van der Waals surface area contributed by atoms with Crippen molar-refractivity contribution >= 4 is 10.4 Å². The molecule has 1 aliphatic heterocycles. The predicted molar refractivity (Wildman–Crippen MR) is 175 cm³/mol. The fourth-order valence-electron chi connectivity index (χ4n) is 11.2. The molecule has 49 heavy (non-hydrogen) atoms. The van der Waals surface area contributed by atoms with Crippen LogP contribution in [-0.4, -0.2) is 119 Å². The Kier molecular flexibility index (Phi) is 11.7. The zero-order valence-corrected chi connectivity index (χ0v) is 30.5. The lowest BCUT2D eigenvalue weighted by molar-refractivity contribution is -0.285. The van der Waals surface area contributed by atoms with Gasteiger partial charge in [-0.05, 0) is 84.5 Å². The van der Waals surface area contributed by atoms with Crippen LogP contribution in [-0.2, 0) is 28.8 Å². The second kappa shape index (κ2) is 14.6. The van der Waals surface area contributed by atoms with Crippen LogP contribution in [0.2, 0.25) is 0 Å². The van der Waals surface area contributed by atoms with Crippen LogP contribution in [0.1, 0.15) is 86.0 Å². The third-order valence-electron chi connectivity index (χ3n) is 13.5. The van der Waals surface area contributed by atoms with Gasteiger partial charge in [-0.2, -0.15) is 0 Å². The third kappa shape index (κ3) is 7.16. The molecule has 0 amide bonds. The lowest BCUT2D eigenvalue weighted by atomic mass is 9.43. The SMILES string of the molecule is CO[C@H]1[C@H](O[C@@H]2C=C3[C@H](O)C[C@@]4(O)[C@@H]5[C@@H](OS(=O)(=O)[O-])[C@H](O)[C@H]([C@H](C)CC[C@H](CCO)C(C)C)[C@@]5(C)CC[C@@H]4[C@@]3(C)CC2)OC[C@@H](O)[C@@H]1O. The van der Waals surface area contributed by atoms with Crippen molar-refractivity contribution in [3.63, 3.8) is 0 Å². The molecule has 0 aromatic carbocycles. The van der Waals surface area contributed by atoms with E-state index in [1.807, 2.05) is 26.8 Å². The fourth-order valence-corrected chi connectivity index (χ4v) is 11.7. The zero-order chi connectivity index (χ0) is 36.3. The number of rotatable bonds is 12. The van der Waals surface area contributed by atoms with Gasteiger partial charge in [0.15, 0.2) is 6.29 Å². The number of hydrogen-bond acceptors (Lipinski definition) is 13. The maximum absolute atomic E-state index is 12.9. The molecule has 13 nitrogen and oxygen atoms in total. The fraction of sp³-hybridized carbons (Fsp3) is 0.943. The summed E-state index contributed by atoms with van der Waals surface area (Å²) in [7, 11) is -3.86. The van der Waals surface area contributed by atoms with Crippen LogP contribution in [0.5, 0.6) is 0 Å². The topological polar surface area (TPSA) is 215 Å². The van der Waals surface area contributed by atoms with Crippen molar-refractivity contribution in [3.05, 3.63) is 11.6 Å². The molecule has 0 unspecified atom stereocenters. The molecule has 5 rings (SSSR count). The Morgan fingerprint density at radius 2 is 1.71 bits per heavy atom. The molecular formula is C35H59O13S-. The quantitative estimate of drug-likeness (QED) is 0.0962. The molecule has 0 aromatic rings. The van der Waals surface area contributed by atoms with E-state index in [2.05, 4.69) is 13.8 Å². The number of fused-ring (bicyclic) bond motifs is 5. The second-order valence-electron chi connectivity index (χ2n) is 16.6. The van der Waals surface area contributed by atoms with Gasteiger partial charge < -0.3 is 49.4 Å². The molecule has 5 aliphatic rings. The Hall–Kier alpha value is -0.750. The molecule has 1 heterocycles. The average molecular weight is 720 g/mol. The highest BCUT2D eigenvalue weighted by Gasteiger charge is 2.73. The van der Waals surface area contributed by atoms with Gasteiger partial charge in [-0.1, -0.05) is 47.1 Å². The summed E-state index contributed by atoms with van der Waals surface area (Å²) in [6.45, 7) is 10.1. The smallest absolute Gasteiger partial charge is 0.218 e. The molecule has 4 aliphatic carbocycles. The molecule has 284 valence electrons. The second-order valence-corrected chi connectivity index (χ2v) is 17.6. The van der Waals surface area contributed by atoms with E-state index in [1.54, 1.807) is 0 Å². The van der Waals surface area contributed by atoms with Crippen molar-refractivity contribution in [2.75, 3.05) is 20.3 Å². The maximum atomic E-state index is 12.9. The Labute approximate surface area is 290 Å². The van der Waals surface area contributed by atoms with E-state index in [-0.39, 0.29) is 31.5 Å². The normalized spacial score (nSPS) is 46.8. The van der Waals surface area contributed by atoms with E-state index in [0.717, 1.165) is 6.42 Å². The maximum Gasteiger partial charge on any atom is 0.218 e. The summed E-state index contributed by atoms with van der Waals surface area (Å²) in [6, 6.07) is 0. The summed E-state index contributed by atoms with van der Waals surface area (Å²) in [6.07, 6.45) is -2.72. The first kappa shape index (κ1) is 39.5. The van der Waals surface area contributed by atoms with Crippen LogP contribution in [0.15, 0.2) is 11.6 Å². The molecule has 0 radical (unpaired) electrons. The van der Waals surface area contributed by atoms with Gasteiger partial charge in [0.25, 0.3) is 0 Å². The Balaban J connectivity index is 1.44. The Morgan fingerprint density at radius 3 is 2.33 bits per heavy atom. The highest BCUT2D eigenvalue weighted by molar-refractivity contribution is 7.80. The van der Waals surface area contributed by atoms with E-state index in [9.17, 15) is 43.6 Å². The van der Waals surface area contributed by atoms with Crippen LogP contribution in [0, 0.1) is 46.3 Å². The van der Waals surface area contributed by atoms with Crippen molar-refractivity contribution in [2.45, 2.75) is 141 Å². The molecule has 0 spiro atoms. The molecule has 3 saturated carbocycles. The minimum atomic E-state index is -5.26.